The van der Waals surface area contributed by atoms with Crippen molar-refractivity contribution in [3.8, 4) is 0 Å². The minimum absolute atomic E-state index is 0.269. The van der Waals surface area contributed by atoms with Crippen molar-refractivity contribution < 1.29 is 18.7 Å². The van der Waals surface area contributed by atoms with Crippen LogP contribution in [0, 0.1) is 11.6 Å². The van der Waals surface area contributed by atoms with Gasteiger partial charge >= 0.3 is 5.97 Å². The SMILES string of the molecule is Nc1c(F)ccc(N2CCc3ccc(F)cc32)c1C(=O)O. The molecule has 108 valence electrons. The number of fused-ring (bicyclic) bond motifs is 1. The molecule has 0 saturated carbocycles. The molecule has 0 unspecified atom stereocenters. The third-order valence-electron chi connectivity index (χ3n) is 3.62. The van der Waals surface area contributed by atoms with E-state index in [1.807, 2.05) is 0 Å². The molecule has 0 atom stereocenters. The molecule has 0 fully saturated rings. The first-order valence-corrected chi connectivity index (χ1v) is 6.36. The molecule has 1 heterocycles. The van der Waals surface area contributed by atoms with Gasteiger partial charge in [0.1, 0.15) is 17.2 Å². The van der Waals surface area contributed by atoms with Crippen LogP contribution in [0.5, 0.6) is 0 Å². The second-order valence-electron chi connectivity index (χ2n) is 4.84. The number of nitrogens with zero attached hydrogens (tertiary/aromatic N) is 1. The largest absolute Gasteiger partial charge is 0.478 e. The van der Waals surface area contributed by atoms with Gasteiger partial charge in [-0.25, -0.2) is 13.6 Å². The molecule has 3 N–H and O–H groups in total. The van der Waals surface area contributed by atoms with E-state index >= 15 is 0 Å². The number of benzene rings is 2. The van der Waals surface area contributed by atoms with E-state index in [1.165, 1.54) is 18.2 Å². The molecule has 3 rings (SSSR count). The number of nitrogen functional groups attached to an aromatic ring is 1. The maximum Gasteiger partial charge on any atom is 0.340 e. The number of hydrogen-bond donors (Lipinski definition) is 2. The lowest BCUT2D eigenvalue weighted by Crippen LogP contribution is -2.19. The maximum absolute atomic E-state index is 13.5. The van der Waals surface area contributed by atoms with Gasteiger partial charge < -0.3 is 15.7 Å². The zero-order valence-electron chi connectivity index (χ0n) is 10.9. The van der Waals surface area contributed by atoms with E-state index in [2.05, 4.69) is 0 Å². The Hall–Kier alpha value is -2.63. The van der Waals surface area contributed by atoms with Crippen LogP contribution in [0.1, 0.15) is 15.9 Å². The number of carbonyl (C=O) groups is 1. The first-order valence-electron chi connectivity index (χ1n) is 6.36. The second-order valence-corrected chi connectivity index (χ2v) is 4.84. The maximum atomic E-state index is 13.5. The lowest BCUT2D eigenvalue weighted by Gasteiger charge is -2.22. The van der Waals surface area contributed by atoms with Crippen LogP contribution in [0.25, 0.3) is 0 Å². The molecule has 0 aromatic heterocycles. The second kappa shape index (κ2) is 4.73. The Labute approximate surface area is 119 Å². The van der Waals surface area contributed by atoms with Crippen LogP contribution in [0.4, 0.5) is 25.8 Å². The Morgan fingerprint density at radius 2 is 1.95 bits per heavy atom. The summed E-state index contributed by atoms with van der Waals surface area (Å²) < 4.78 is 26.9. The first-order chi connectivity index (χ1) is 9.99. The van der Waals surface area contributed by atoms with Crippen molar-refractivity contribution in [1.82, 2.24) is 0 Å². The molecule has 0 saturated heterocycles. The minimum Gasteiger partial charge on any atom is -0.478 e. The highest BCUT2D eigenvalue weighted by molar-refractivity contribution is 6.01. The summed E-state index contributed by atoms with van der Waals surface area (Å²) in [5, 5.41) is 9.29. The van der Waals surface area contributed by atoms with Gasteiger partial charge in [0.05, 0.1) is 11.4 Å². The standard InChI is InChI=1S/C15H12F2N2O2/c16-9-2-1-8-5-6-19(12(8)7-9)11-4-3-10(17)14(18)13(11)15(20)21/h1-4,7H,5-6,18H2,(H,20,21). The molecular weight excluding hydrogens is 278 g/mol. The fourth-order valence-electron chi connectivity index (χ4n) is 2.63. The molecule has 0 bridgehead atoms. The monoisotopic (exact) mass is 290 g/mol. The van der Waals surface area contributed by atoms with Crippen LogP contribution in [-0.4, -0.2) is 17.6 Å². The first kappa shape index (κ1) is 13.4. The normalized spacial score (nSPS) is 13.3. The van der Waals surface area contributed by atoms with Crippen molar-refractivity contribution in [1.29, 1.82) is 0 Å². The van der Waals surface area contributed by atoms with Gasteiger partial charge in [-0.2, -0.15) is 0 Å². The Balaban J connectivity index is 2.18. The molecule has 1 aliphatic rings. The Bertz CT molecular complexity index is 747. The molecule has 2 aromatic rings. The number of carboxylic acid groups (broad SMARTS) is 1. The van der Waals surface area contributed by atoms with Crippen LogP contribution in [0.15, 0.2) is 30.3 Å². The van der Waals surface area contributed by atoms with Gasteiger partial charge in [-0.05, 0) is 36.2 Å². The highest BCUT2D eigenvalue weighted by atomic mass is 19.1. The summed E-state index contributed by atoms with van der Waals surface area (Å²) in [7, 11) is 0. The summed E-state index contributed by atoms with van der Waals surface area (Å²) in [6, 6.07) is 6.84. The summed E-state index contributed by atoms with van der Waals surface area (Å²) in [5.74, 6) is -2.51. The molecular formula is C15H12F2N2O2. The average molecular weight is 290 g/mol. The van der Waals surface area contributed by atoms with Crippen molar-refractivity contribution in [3.05, 3.63) is 53.1 Å². The molecule has 0 spiro atoms. The smallest absolute Gasteiger partial charge is 0.340 e. The Morgan fingerprint density at radius 1 is 1.19 bits per heavy atom. The zero-order valence-corrected chi connectivity index (χ0v) is 10.9. The predicted octanol–water partition coefficient (Wildman–Crippen LogP) is 2.94. The van der Waals surface area contributed by atoms with E-state index in [0.717, 1.165) is 11.6 Å². The third-order valence-corrected chi connectivity index (χ3v) is 3.62. The quantitative estimate of drug-likeness (QED) is 0.835. The molecule has 0 amide bonds. The van der Waals surface area contributed by atoms with E-state index in [0.29, 0.717) is 18.7 Å². The molecule has 4 nitrogen and oxygen atoms in total. The highest BCUT2D eigenvalue weighted by Gasteiger charge is 2.27. The van der Waals surface area contributed by atoms with Gasteiger partial charge in [0.2, 0.25) is 0 Å². The van der Waals surface area contributed by atoms with E-state index in [9.17, 15) is 18.7 Å². The summed E-state index contributed by atoms with van der Waals surface area (Å²) in [6.07, 6.45) is 0.659. The lowest BCUT2D eigenvalue weighted by atomic mass is 10.1. The predicted molar refractivity (Wildman–Crippen MR) is 74.9 cm³/mol. The van der Waals surface area contributed by atoms with Crippen molar-refractivity contribution in [3.63, 3.8) is 0 Å². The van der Waals surface area contributed by atoms with Gasteiger partial charge in [0, 0.05) is 12.2 Å². The topological polar surface area (TPSA) is 66.6 Å². The summed E-state index contributed by atoms with van der Waals surface area (Å²) in [4.78, 5) is 13.0. The van der Waals surface area contributed by atoms with Gasteiger partial charge in [-0.3, -0.25) is 0 Å². The number of hydrogen-bond acceptors (Lipinski definition) is 3. The minimum atomic E-state index is -1.31. The molecule has 1 aliphatic heterocycles. The summed E-state index contributed by atoms with van der Waals surface area (Å²) in [6.45, 7) is 0.490. The highest BCUT2D eigenvalue weighted by Crippen LogP contribution is 2.38. The number of nitrogens with two attached hydrogens (primary N) is 1. The molecule has 6 heteroatoms. The zero-order chi connectivity index (χ0) is 15.1. The van der Waals surface area contributed by atoms with E-state index < -0.39 is 23.3 Å². The number of aromatic carboxylic acids is 1. The van der Waals surface area contributed by atoms with Crippen molar-refractivity contribution in [2.75, 3.05) is 17.2 Å². The van der Waals surface area contributed by atoms with Gasteiger partial charge in [0.25, 0.3) is 0 Å². The average Bonchev–Trinajstić information content (AvgIpc) is 2.84. The number of anilines is 3. The Morgan fingerprint density at radius 3 is 2.67 bits per heavy atom. The van der Waals surface area contributed by atoms with Crippen LogP contribution in [0.2, 0.25) is 0 Å². The van der Waals surface area contributed by atoms with Crippen molar-refractivity contribution >= 4 is 23.0 Å². The number of halogens is 2. The van der Waals surface area contributed by atoms with Crippen molar-refractivity contribution in [2.45, 2.75) is 6.42 Å². The van der Waals surface area contributed by atoms with Crippen LogP contribution in [-0.2, 0) is 6.42 Å². The number of rotatable bonds is 2. The van der Waals surface area contributed by atoms with Crippen molar-refractivity contribution in [2.24, 2.45) is 0 Å². The fraction of sp³-hybridized carbons (Fsp3) is 0.133. The summed E-state index contributed by atoms with van der Waals surface area (Å²) >= 11 is 0. The molecule has 2 aromatic carbocycles. The molecule has 21 heavy (non-hydrogen) atoms. The Kier molecular flexibility index (Phi) is 3.01. The van der Waals surface area contributed by atoms with E-state index in [4.69, 9.17) is 5.73 Å². The number of carboxylic acids is 1. The van der Waals surface area contributed by atoms with Gasteiger partial charge in [0.15, 0.2) is 0 Å². The van der Waals surface area contributed by atoms with Crippen LogP contribution >= 0.6 is 0 Å². The fourth-order valence-corrected chi connectivity index (χ4v) is 2.63. The van der Waals surface area contributed by atoms with Crippen LogP contribution < -0.4 is 10.6 Å². The van der Waals surface area contributed by atoms with E-state index in [1.54, 1.807) is 11.0 Å². The van der Waals surface area contributed by atoms with Gasteiger partial charge in [-0.1, -0.05) is 6.07 Å². The van der Waals surface area contributed by atoms with Gasteiger partial charge in [-0.15, -0.1) is 0 Å². The lowest BCUT2D eigenvalue weighted by molar-refractivity contribution is 0.0698. The van der Waals surface area contributed by atoms with Crippen LogP contribution in [0.3, 0.4) is 0 Å². The molecule has 0 aliphatic carbocycles. The molecule has 0 radical (unpaired) electrons. The summed E-state index contributed by atoms with van der Waals surface area (Å²) in [5.41, 5.74) is 6.60. The van der Waals surface area contributed by atoms with E-state index in [-0.39, 0.29) is 11.3 Å². The third kappa shape index (κ3) is 2.08.